The highest BCUT2D eigenvalue weighted by atomic mass is 16.2. The van der Waals surface area contributed by atoms with Gasteiger partial charge in [-0.3, -0.25) is 14.1 Å². The van der Waals surface area contributed by atoms with Gasteiger partial charge in [0.2, 0.25) is 5.91 Å². The molecular formula is C31H35N7O. The van der Waals surface area contributed by atoms with Crippen LogP contribution in [-0.4, -0.2) is 84.0 Å². The fourth-order valence-corrected chi connectivity index (χ4v) is 6.17. The van der Waals surface area contributed by atoms with Gasteiger partial charge in [-0.05, 0) is 48.7 Å². The first-order valence-corrected chi connectivity index (χ1v) is 13.9. The molecule has 0 saturated carbocycles. The van der Waals surface area contributed by atoms with Gasteiger partial charge in [-0.2, -0.15) is 5.26 Å². The molecule has 4 aromatic rings. The minimum atomic E-state index is 0.124. The third-order valence-corrected chi connectivity index (χ3v) is 8.40. The van der Waals surface area contributed by atoms with E-state index in [1.54, 1.807) is 6.92 Å². The lowest BCUT2D eigenvalue weighted by molar-refractivity contribution is -0.129. The van der Waals surface area contributed by atoms with Gasteiger partial charge in [-0.15, -0.1) is 0 Å². The second-order valence-electron chi connectivity index (χ2n) is 10.6. The zero-order chi connectivity index (χ0) is 26.9. The van der Waals surface area contributed by atoms with E-state index in [1.165, 1.54) is 11.3 Å². The Bertz CT molecular complexity index is 1540. The van der Waals surface area contributed by atoms with Crippen molar-refractivity contribution in [1.82, 2.24) is 19.2 Å². The maximum Gasteiger partial charge on any atom is 0.219 e. The number of benzene rings is 2. The van der Waals surface area contributed by atoms with Gasteiger partial charge in [0.05, 0.1) is 16.6 Å². The number of hydrogen-bond acceptors (Lipinski definition) is 6. The molecule has 0 unspecified atom stereocenters. The van der Waals surface area contributed by atoms with Crippen LogP contribution in [0.5, 0.6) is 0 Å². The van der Waals surface area contributed by atoms with Crippen LogP contribution >= 0.6 is 0 Å². The fourth-order valence-electron chi connectivity index (χ4n) is 6.17. The molecule has 8 nitrogen and oxygen atoms in total. The van der Waals surface area contributed by atoms with Crippen molar-refractivity contribution in [2.75, 3.05) is 68.7 Å². The summed E-state index contributed by atoms with van der Waals surface area (Å²) in [5.74, 6) is 1.25. The Kier molecular flexibility index (Phi) is 6.84. The van der Waals surface area contributed by atoms with Gasteiger partial charge in [0, 0.05) is 71.5 Å². The van der Waals surface area contributed by atoms with Gasteiger partial charge in [-0.25, -0.2) is 4.98 Å². The first-order chi connectivity index (χ1) is 19.0. The van der Waals surface area contributed by atoms with E-state index in [4.69, 9.17) is 4.98 Å². The summed E-state index contributed by atoms with van der Waals surface area (Å²) in [7, 11) is 0. The molecule has 2 aliphatic heterocycles. The van der Waals surface area contributed by atoms with Crippen LogP contribution in [0.15, 0.2) is 54.6 Å². The van der Waals surface area contributed by atoms with Gasteiger partial charge in [0.25, 0.3) is 0 Å². The number of fused-ring (bicyclic) bond motifs is 3. The Morgan fingerprint density at radius 1 is 0.897 bits per heavy atom. The monoisotopic (exact) mass is 521 g/mol. The zero-order valence-corrected chi connectivity index (χ0v) is 22.8. The molecule has 8 heteroatoms. The number of para-hydroxylation sites is 3. The summed E-state index contributed by atoms with van der Waals surface area (Å²) in [6, 6.07) is 21.3. The van der Waals surface area contributed by atoms with E-state index in [-0.39, 0.29) is 5.91 Å². The topological polar surface area (TPSA) is 71.1 Å². The number of amides is 1. The molecule has 0 N–H and O–H groups in total. The summed E-state index contributed by atoms with van der Waals surface area (Å²) >= 11 is 0. The van der Waals surface area contributed by atoms with Gasteiger partial charge < -0.3 is 14.7 Å². The summed E-state index contributed by atoms with van der Waals surface area (Å²) in [6.45, 7) is 11.6. The standard InChI is InChI=1S/C31H35N7O/c1-23-26(12-13-34-14-16-36(17-15-34)25-8-4-3-5-9-25)31(37-20-18-35(19-21-37)24(2)39)38-29-11-7-6-10-28(29)33-30(38)27(23)22-32/h3-11H,12-21H2,1-2H3. The molecule has 0 spiro atoms. The van der Waals surface area contributed by atoms with E-state index < -0.39 is 0 Å². The third-order valence-electron chi connectivity index (χ3n) is 8.40. The number of aromatic nitrogens is 2. The average molecular weight is 522 g/mol. The zero-order valence-electron chi connectivity index (χ0n) is 22.8. The Morgan fingerprint density at radius 2 is 1.56 bits per heavy atom. The number of nitrogens with zero attached hydrogens (tertiary/aromatic N) is 7. The van der Waals surface area contributed by atoms with E-state index >= 15 is 0 Å². The van der Waals surface area contributed by atoms with E-state index in [2.05, 4.69) is 68.5 Å². The molecule has 0 bridgehead atoms. The molecule has 0 aliphatic carbocycles. The quantitative estimate of drug-likeness (QED) is 0.399. The SMILES string of the molecule is CC(=O)N1CCN(c2c(CCN3CCN(c4ccccc4)CC3)c(C)c(C#N)c3nc4ccccc4n23)CC1. The number of pyridine rings is 1. The predicted molar refractivity (Wildman–Crippen MR) is 155 cm³/mol. The Morgan fingerprint density at radius 3 is 2.26 bits per heavy atom. The molecule has 6 rings (SSSR count). The van der Waals surface area contributed by atoms with Crippen molar-refractivity contribution >= 4 is 34.1 Å². The molecule has 200 valence electrons. The summed E-state index contributed by atoms with van der Waals surface area (Å²) in [6.07, 6.45) is 0.858. The highest BCUT2D eigenvalue weighted by molar-refractivity contribution is 5.86. The van der Waals surface area contributed by atoms with Crippen LogP contribution in [-0.2, 0) is 11.2 Å². The summed E-state index contributed by atoms with van der Waals surface area (Å²) in [5.41, 5.74) is 6.81. The van der Waals surface area contributed by atoms with Crippen molar-refractivity contribution in [3.05, 3.63) is 71.3 Å². The number of imidazole rings is 1. The highest BCUT2D eigenvalue weighted by Gasteiger charge is 2.28. The first-order valence-electron chi connectivity index (χ1n) is 13.9. The maximum atomic E-state index is 12.0. The highest BCUT2D eigenvalue weighted by Crippen LogP contribution is 2.34. The fraction of sp³-hybridized carbons (Fsp3) is 0.387. The largest absolute Gasteiger partial charge is 0.369 e. The van der Waals surface area contributed by atoms with Crippen molar-refractivity contribution in [3.63, 3.8) is 0 Å². The molecular weight excluding hydrogens is 486 g/mol. The maximum absolute atomic E-state index is 12.0. The molecule has 2 saturated heterocycles. The molecule has 1 amide bonds. The average Bonchev–Trinajstić information content (AvgIpc) is 3.35. The molecule has 2 aromatic carbocycles. The van der Waals surface area contributed by atoms with Crippen LogP contribution in [0.3, 0.4) is 0 Å². The second-order valence-corrected chi connectivity index (χ2v) is 10.6. The lowest BCUT2D eigenvalue weighted by Crippen LogP contribution is -2.49. The normalized spacial score (nSPS) is 16.7. The van der Waals surface area contributed by atoms with E-state index in [0.29, 0.717) is 18.7 Å². The Balaban J connectivity index is 1.34. The summed E-state index contributed by atoms with van der Waals surface area (Å²) in [5, 5.41) is 10.2. The van der Waals surface area contributed by atoms with Crippen molar-refractivity contribution in [1.29, 1.82) is 5.26 Å². The van der Waals surface area contributed by atoms with Crippen molar-refractivity contribution < 1.29 is 4.79 Å². The van der Waals surface area contributed by atoms with Crippen LogP contribution in [0.1, 0.15) is 23.6 Å². The number of nitriles is 1. The first kappa shape index (κ1) is 25.2. The minimum absolute atomic E-state index is 0.124. The van der Waals surface area contributed by atoms with Gasteiger partial charge >= 0.3 is 0 Å². The third kappa shape index (κ3) is 4.68. The smallest absolute Gasteiger partial charge is 0.219 e. The van der Waals surface area contributed by atoms with Crippen LogP contribution < -0.4 is 9.80 Å². The number of piperazine rings is 2. The van der Waals surface area contributed by atoms with Gasteiger partial charge in [-0.1, -0.05) is 30.3 Å². The molecule has 2 aromatic heterocycles. The van der Waals surface area contributed by atoms with E-state index in [9.17, 15) is 10.1 Å². The number of hydrogen-bond donors (Lipinski definition) is 0. The lowest BCUT2D eigenvalue weighted by Gasteiger charge is -2.38. The number of rotatable bonds is 5. The number of carbonyl (C=O) groups is 1. The van der Waals surface area contributed by atoms with E-state index in [0.717, 1.165) is 80.3 Å². The molecule has 39 heavy (non-hydrogen) atoms. The summed E-state index contributed by atoms with van der Waals surface area (Å²) < 4.78 is 2.20. The molecule has 2 fully saturated rings. The van der Waals surface area contributed by atoms with Crippen molar-refractivity contribution in [2.24, 2.45) is 0 Å². The van der Waals surface area contributed by atoms with E-state index in [1.807, 2.05) is 23.1 Å². The predicted octanol–water partition coefficient (Wildman–Crippen LogP) is 3.70. The van der Waals surface area contributed by atoms with Crippen molar-refractivity contribution in [3.8, 4) is 6.07 Å². The van der Waals surface area contributed by atoms with Crippen LogP contribution in [0, 0.1) is 18.3 Å². The Hall–Kier alpha value is -4.09. The summed E-state index contributed by atoms with van der Waals surface area (Å²) in [4.78, 5) is 26.3. The molecule has 0 atom stereocenters. The molecule has 2 aliphatic rings. The minimum Gasteiger partial charge on any atom is -0.369 e. The lowest BCUT2D eigenvalue weighted by atomic mass is 10.00. The van der Waals surface area contributed by atoms with Gasteiger partial charge in [0.15, 0.2) is 5.65 Å². The Labute approximate surface area is 229 Å². The molecule has 0 radical (unpaired) electrons. The van der Waals surface area contributed by atoms with Crippen LogP contribution in [0.4, 0.5) is 11.5 Å². The number of anilines is 2. The second kappa shape index (κ2) is 10.6. The van der Waals surface area contributed by atoms with Gasteiger partial charge in [0.1, 0.15) is 11.9 Å². The van der Waals surface area contributed by atoms with Crippen molar-refractivity contribution in [2.45, 2.75) is 20.3 Å². The van der Waals surface area contributed by atoms with Crippen LogP contribution in [0.25, 0.3) is 16.7 Å². The molecule has 4 heterocycles. The van der Waals surface area contributed by atoms with Crippen LogP contribution in [0.2, 0.25) is 0 Å². The number of carbonyl (C=O) groups excluding carboxylic acids is 1.